The Hall–Kier alpha value is -2.42. The monoisotopic (exact) mass is 495 g/mol. The number of hydrogen-bond donors (Lipinski definition) is 0. The number of nitrogens with zero attached hydrogens (tertiary/aromatic N) is 5. The molecule has 1 amide bonds. The molecule has 0 aliphatic carbocycles. The highest BCUT2D eigenvalue weighted by atomic mass is 32.1. The first-order valence-electron chi connectivity index (χ1n) is 12.8. The highest BCUT2D eigenvalue weighted by molar-refractivity contribution is 7.21. The predicted molar refractivity (Wildman–Crippen MR) is 143 cm³/mol. The second kappa shape index (κ2) is 10.7. The van der Waals surface area contributed by atoms with Crippen LogP contribution in [0.4, 0.5) is 5.82 Å². The number of piperidine rings is 1. The maximum Gasteiger partial charge on any atom is 0.264 e. The van der Waals surface area contributed by atoms with Crippen molar-refractivity contribution < 1.29 is 9.53 Å². The number of benzene rings is 1. The second-order valence-electron chi connectivity index (χ2n) is 10.1. The van der Waals surface area contributed by atoms with Gasteiger partial charge in [0.2, 0.25) is 0 Å². The van der Waals surface area contributed by atoms with Gasteiger partial charge in [-0.2, -0.15) is 5.10 Å². The normalized spacial score (nSPS) is 17.5. The third-order valence-electron chi connectivity index (χ3n) is 7.33. The zero-order valence-corrected chi connectivity index (χ0v) is 22.0. The van der Waals surface area contributed by atoms with Crippen LogP contribution in [0.5, 0.6) is 0 Å². The summed E-state index contributed by atoms with van der Waals surface area (Å²) in [6.07, 6.45) is 4.88. The molecule has 0 spiro atoms. The number of aromatic nitrogens is 2. The first-order valence-corrected chi connectivity index (χ1v) is 13.7. The van der Waals surface area contributed by atoms with E-state index in [9.17, 15) is 4.79 Å². The minimum atomic E-state index is 0.0424. The van der Waals surface area contributed by atoms with Crippen molar-refractivity contribution in [2.45, 2.75) is 25.7 Å². The first-order chi connectivity index (χ1) is 17.0. The minimum Gasteiger partial charge on any atom is -0.380 e. The van der Waals surface area contributed by atoms with Crippen molar-refractivity contribution in [3.8, 4) is 11.1 Å². The van der Waals surface area contributed by atoms with Crippen LogP contribution in [0.15, 0.2) is 30.3 Å². The molecule has 0 unspecified atom stereocenters. The highest BCUT2D eigenvalue weighted by Gasteiger charge is 2.30. The Morgan fingerprint density at radius 3 is 2.51 bits per heavy atom. The number of likely N-dealkylation sites (tertiary alicyclic amines) is 1. The predicted octanol–water partition coefficient (Wildman–Crippen LogP) is 4.33. The lowest BCUT2D eigenvalue weighted by molar-refractivity contribution is 0.0753. The van der Waals surface area contributed by atoms with Gasteiger partial charge in [-0.3, -0.25) is 9.48 Å². The molecule has 0 N–H and O–H groups in total. The van der Waals surface area contributed by atoms with Crippen molar-refractivity contribution in [2.75, 3.05) is 64.9 Å². The number of amides is 1. The number of carbonyl (C=O) groups is 1. The van der Waals surface area contributed by atoms with E-state index in [1.54, 1.807) is 16.2 Å². The fourth-order valence-corrected chi connectivity index (χ4v) is 6.56. The van der Waals surface area contributed by atoms with Gasteiger partial charge in [-0.15, -0.1) is 11.3 Å². The van der Waals surface area contributed by atoms with Crippen molar-refractivity contribution in [3.63, 3.8) is 0 Å². The molecule has 35 heavy (non-hydrogen) atoms. The van der Waals surface area contributed by atoms with E-state index in [0.717, 1.165) is 77.7 Å². The Morgan fingerprint density at radius 1 is 1.11 bits per heavy atom. The number of anilines is 1. The lowest BCUT2D eigenvalue weighted by atomic mass is 9.97. The molecule has 3 aromatic rings. The van der Waals surface area contributed by atoms with Crippen LogP contribution in [-0.2, 0) is 11.8 Å². The fraction of sp³-hybridized carbons (Fsp3) is 0.556. The van der Waals surface area contributed by atoms with Crippen LogP contribution in [0.3, 0.4) is 0 Å². The third kappa shape index (κ3) is 5.10. The molecule has 5 rings (SSSR count). The summed E-state index contributed by atoms with van der Waals surface area (Å²) < 4.78 is 8.01. The van der Waals surface area contributed by atoms with Crippen LogP contribution in [0.25, 0.3) is 21.3 Å². The van der Waals surface area contributed by atoms with Crippen LogP contribution < -0.4 is 4.90 Å². The van der Waals surface area contributed by atoms with Gasteiger partial charge in [0.1, 0.15) is 9.71 Å². The summed E-state index contributed by atoms with van der Waals surface area (Å²) in [5.74, 6) is 1.65. The standard InChI is InChI=1S/C27H37N5O2S/c1-29(2)26(33)24-22(21-9-5-4-6-10-21)23-25(28-30(3)27(23)35-24)32-15-11-20(12-16-32)19-34-18-17-31-13-7-8-14-31/h4-6,9-10,20H,7-8,11-19H2,1-3H3. The summed E-state index contributed by atoms with van der Waals surface area (Å²) >= 11 is 1.55. The van der Waals surface area contributed by atoms with Gasteiger partial charge in [-0.25, -0.2) is 0 Å². The Balaban J connectivity index is 1.33. The molecule has 0 bridgehead atoms. The molecule has 188 valence electrons. The second-order valence-corrected chi connectivity index (χ2v) is 11.1. The van der Waals surface area contributed by atoms with Crippen molar-refractivity contribution >= 4 is 33.3 Å². The topological polar surface area (TPSA) is 53.8 Å². The summed E-state index contributed by atoms with van der Waals surface area (Å²) in [6, 6.07) is 10.3. The fourth-order valence-electron chi connectivity index (χ4n) is 5.31. The summed E-state index contributed by atoms with van der Waals surface area (Å²) in [4.78, 5) is 21.6. The van der Waals surface area contributed by atoms with Crippen molar-refractivity contribution in [1.29, 1.82) is 0 Å². The Bertz CT molecular complexity index is 1140. The highest BCUT2D eigenvalue weighted by Crippen LogP contribution is 2.44. The number of thiophene rings is 1. The lowest BCUT2D eigenvalue weighted by Crippen LogP contribution is -2.36. The Labute approximate surface area is 212 Å². The Morgan fingerprint density at radius 2 is 1.83 bits per heavy atom. The van der Waals surface area contributed by atoms with E-state index < -0.39 is 0 Å². The maximum atomic E-state index is 13.1. The quantitative estimate of drug-likeness (QED) is 0.436. The number of rotatable bonds is 8. The van der Waals surface area contributed by atoms with Crippen LogP contribution in [0.2, 0.25) is 0 Å². The molecule has 2 saturated heterocycles. The van der Waals surface area contributed by atoms with Gasteiger partial charge in [-0.05, 0) is 50.3 Å². The largest absolute Gasteiger partial charge is 0.380 e. The van der Waals surface area contributed by atoms with Crippen LogP contribution in [0, 0.1) is 5.92 Å². The van der Waals surface area contributed by atoms with Gasteiger partial charge in [0, 0.05) is 52.9 Å². The van der Waals surface area contributed by atoms with Gasteiger partial charge < -0.3 is 19.4 Å². The van der Waals surface area contributed by atoms with Crippen molar-refractivity contribution in [2.24, 2.45) is 13.0 Å². The number of ether oxygens (including phenoxy) is 1. The molecule has 0 radical (unpaired) electrons. The molecule has 2 aromatic heterocycles. The van der Waals surface area contributed by atoms with Crippen LogP contribution in [-0.4, -0.2) is 85.5 Å². The van der Waals surface area contributed by atoms with Crippen LogP contribution in [0.1, 0.15) is 35.4 Å². The third-order valence-corrected chi connectivity index (χ3v) is 8.58. The zero-order valence-electron chi connectivity index (χ0n) is 21.2. The van der Waals surface area contributed by atoms with Crippen LogP contribution >= 0.6 is 11.3 Å². The molecule has 4 heterocycles. The SMILES string of the molecule is CN(C)C(=O)c1sc2c(c(N3CCC(COCCN4CCCC4)CC3)nn2C)c1-c1ccccc1. The Kier molecular flexibility index (Phi) is 7.41. The first kappa shape index (κ1) is 24.3. The van der Waals surface area contributed by atoms with Crippen molar-refractivity contribution in [3.05, 3.63) is 35.2 Å². The molecule has 2 aliphatic rings. The summed E-state index contributed by atoms with van der Waals surface area (Å²) in [6.45, 7) is 7.17. The van der Waals surface area contributed by atoms with Gasteiger partial charge in [0.05, 0.1) is 12.0 Å². The molecular formula is C27H37N5O2S. The summed E-state index contributed by atoms with van der Waals surface area (Å²) in [5.41, 5.74) is 2.08. The van der Waals surface area contributed by atoms with Gasteiger partial charge >= 0.3 is 0 Å². The minimum absolute atomic E-state index is 0.0424. The average molecular weight is 496 g/mol. The van der Waals surface area contributed by atoms with E-state index >= 15 is 0 Å². The average Bonchev–Trinajstić information content (AvgIpc) is 3.60. The van der Waals surface area contributed by atoms with Gasteiger partial charge in [0.25, 0.3) is 5.91 Å². The summed E-state index contributed by atoms with van der Waals surface area (Å²) in [7, 11) is 5.62. The number of carbonyl (C=O) groups excluding carboxylic acids is 1. The number of fused-ring (bicyclic) bond motifs is 1. The van der Waals surface area contributed by atoms with Gasteiger partial charge in [0.15, 0.2) is 5.82 Å². The molecule has 0 saturated carbocycles. The lowest BCUT2D eigenvalue weighted by Gasteiger charge is -2.32. The van der Waals surface area contributed by atoms with E-state index in [1.807, 2.05) is 44.0 Å². The van der Waals surface area contributed by atoms with E-state index in [0.29, 0.717) is 5.92 Å². The molecule has 2 aliphatic heterocycles. The zero-order chi connectivity index (χ0) is 24.4. The number of hydrogen-bond acceptors (Lipinski definition) is 6. The smallest absolute Gasteiger partial charge is 0.264 e. The van der Waals surface area contributed by atoms with E-state index in [2.05, 4.69) is 21.9 Å². The maximum absolute atomic E-state index is 13.1. The van der Waals surface area contributed by atoms with Gasteiger partial charge in [-0.1, -0.05) is 30.3 Å². The molecule has 0 atom stereocenters. The molecule has 2 fully saturated rings. The molecule has 8 heteroatoms. The number of aryl methyl sites for hydroxylation is 1. The van der Waals surface area contributed by atoms with E-state index in [1.165, 1.54) is 25.9 Å². The van der Waals surface area contributed by atoms with Crippen molar-refractivity contribution in [1.82, 2.24) is 19.6 Å². The van der Waals surface area contributed by atoms with E-state index in [-0.39, 0.29) is 5.91 Å². The molecule has 7 nitrogen and oxygen atoms in total. The summed E-state index contributed by atoms with van der Waals surface area (Å²) in [5, 5.41) is 6.05. The molecular weight excluding hydrogens is 458 g/mol. The van der Waals surface area contributed by atoms with E-state index in [4.69, 9.17) is 9.84 Å². The molecule has 1 aromatic carbocycles.